The monoisotopic (exact) mass is 437 g/mol. The number of carbonyl (C=O) groups is 2. The van der Waals surface area contributed by atoms with Crippen LogP contribution in [0.25, 0.3) is 0 Å². The van der Waals surface area contributed by atoms with Gasteiger partial charge < -0.3 is 20.1 Å². The number of benzene rings is 2. The van der Waals surface area contributed by atoms with Crippen molar-refractivity contribution in [3.05, 3.63) is 88.9 Å². The van der Waals surface area contributed by atoms with Gasteiger partial charge >= 0.3 is 0 Å². The fourth-order valence-electron chi connectivity index (χ4n) is 2.92. The van der Waals surface area contributed by atoms with E-state index in [4.69, 9.17) is 9.47 Å². The molecule has 3 rings (SSSR count). The molecule has 2 N–H and O–H groups in total. The number of pyridine rings is 1. The number of carbonyl (C=O) groups excluding carboxylic acids is 2. The third-order valence-electron chi connectivity index (χ3n) is 4.68. The summed E-state index contributed by atoms with van der Waals surface area (Å²) >= 11 is 0. The van der Waals surface area contributed by atoms with Crippen molar-refractivity contribution in [2.24, 2.45) is 0 Å². The molecule has 0 spiro atoms. The van der Waals surface area contributed by atoms with E-state index in [2.05, 4.69) is 15.6 Å². The lowest BCUT2D eigenvalue weighted by Crippen LogP contribution is -2.24. The summed E-state index contributed by atoms with van der Waals surface area (Å²) < 4.78 is 24.4. The zero-order chi connectivity index (χ0) is 22.9. The highest BCUT2D eigenvalue weighted by Crippen LogP contribution is 2.20. The summed E-state index contributed by atoms with van der Waals surface area (Å²) in [7, 11) is 1.58. The summed E-state index contributed by atoms with van der Waals surface area (Å²) in [6.07, 6.45) is 1.61. The quantitative estimate of drug-likeness (QED) is 0.498. The Bertz CT molecular complexity index is 1100. The van der Waals surface area contributed by atoms with Crippen LogP contribution in [0.3, 0.4) is 0 Å². The van der Waals surface area contributed by atoms with Crippen LogP contribution in [0.15, 0.2) is 60.8 Å². The SMILES string of the molecule is COCCOc1ncccc1CNC(=O)c1ccc(C)c(NC(=O)c2ccccc2F)c1. The van der Waals surface area contributed by atoms with Gasteiger partial charge in [-0.25, -0.2) is 9.37 Å². The molecule has 7 nitrogen and oxygen atoms in total. The Balaban J connectivity index is 1.68. The van der Waals surface area contributed by atoms with Crippen LogP contribution in [-0.2, 0) is 11.3 Å². The second-order valence-electron chi connectivity index (χ2n) is 6.96. The van der Waals surface area contributed by atoms with E-state index in [1.54, 1.807) is 50.6 Å². The average Bonchev–Trinajstić information content (AvgIpc) is 2.80. The number of halogens is 1. The molecule has 0 bridgehead atoms. The number of aromatic nitrogens is 1. The summed E-state index contributed by atoms with van der Waals surface area (Å²) in [6, 6.07) is 14.2. The van der Waals surface area contributed by atoms with Gasteiger partial charge in [-0.15, -0.1) is 0 Å². The molecule has 0 aliphatic rings. The van der Waals surface area contributed by atoms with Crippen molar-refractivity contribution in [3.63, 3.8) is 0 Å². The average molecular weight is 437 g/mol. The Labute approximate surface area is 185 Å². The maximum atomic E-state index is 13.9. The summed E-state index contributed by atoms with van der Waals surface area (Å²) in [4.78, 5) is 29.3. The lowest BCUT2D eigenvalue weighted by molar-refractivity contribution is 0.0948. The van der Waals surface area contributed by atoms with Crippen molar-refractivity contribution >= 4 is 17.5 Å². The highest BCUT2D eigenvalue weighted by atomic mass is 19.1. The molecule has 0 saturated carbocycles. The summed E-state index contributed by atoms with van der Waals surface area (Å²) in [6.45, 7) is 2.77. The fraction of sp³-hybridized carbons (Fsp3) is 0.208. The van der Waals surface area contributed by atoms with Gasteiger partial charge in [0.25, 0.3) is 11.8 Å². The van der Waals surface area contributed by atoms with Crippen molar-refractivity contribution in [1.29, 1.82) is 0 Å². The molecular weight excluding hydrogens is 413 g/mol. The van der Waals surface area contributed by atoms with E-state index in [1.165, 1.54) is 18.2 Å². The molecule has 8 heteroatoms. The van der Waals surface area contributed by atoms with Gasteiger partial charge in [0.15, 0.2) is 0 Å². The molecular formula is C24H24FN3O4. The standard InChI is InChI=1S/C24H24FN3O4/c1-16-9-10-17(14-21(16)28-23(30)19-7-3-4-8-20(19)25)22(29)27-15-18-6-5-11-26-24(18)32-13-12-31-2/h3-11,14H,12-13,15H2,1-2H3,(H,27,29)(H,28,30). The van der Waals surface area contributed by atoms with Crippen LogP contribution < -0.4 is 15.4 Å². The molecule has 0 aliphatic carbocycles. The lowest BCUT2D eigenvalue weighted by Gasteiger charge is -2.13. The van der Waals surface area contributed by atoms with Gasteiger partial charge in [0, 0.05) is 36.7 Å². The van der Waals surface area contributed by atoms with Crippen LogP contribution in [-0.4, -0.2) is 37.1 Å². The number of methoxy groups -OCH3 is 1. The first-order valence-corrected chi connectivity index (χ1v) is 10.00. The number of hydrogen-bond donors (Lipinski definition) is 2. The van der Waals surface area contributed by atoms with E-state index < -0.39 is 11.7 Å². The molecule has 0 aliphatic heterocycles. The highest BCUT2D eigenvalue weighted by molar-refractivity contribution is 6.05. The molecule has 32 heavy (non-hydrogen) atoms. The van der Waals surface area contributed by atoms with Crippen LogP contribution in [0.4, 0.5) is 10.1 Å². The van der Waals surface area contributed by atoms with Crippen LogP contribution in [0.1, 0.15) is 31.8 Å². The lowest BCUT2D eigenvalue weighted by atomic mass is 10.1. The third kappa shape index (κ3) is 5.89. The summed E-state index contributed by atoms with van der Waals surface area (Å²) in [5.74, 6) is -1.11. The summed E-state index contributed by atoms with van der Waals surface area (Å²) in [5.41, 5.74) is 2.17. The van der Waals surface area contributed by atoms with E-state index in [-0.39, 0.29) is 18.0 Å². The number of amides is 2. The van der Waals surface area contributed by atoms with Crippen LogP contribution >= 0.6 is 0 Å². The van der Waals surface area contributed by atoms with Gasteiger partial charge in [-0.05, 0) is 42.8 Å². The normalized spacial score (nSPS) is 10.5. The first kappa shape index (κ1) is 22.9. The Morgan fingerprint density at radius 3 is 2.62 bits per heavy atom. The van der Waals surface area contributed by atoms with Gasteiger partial charge in [-0.1, -0.05) is 24.3 Å². The van der Waals surface area contributed by atoms with Gasteiger partial charge in [-0.3, -0.25) is 9.59 Å². The topological polar surface area (TPSA) is 89.6 Å². The zero-order valence-electron chi connectivity index (χ0n) is 17.9. The van der Waals surface area contributed by atoms with Crippen molar-refractivity contribution in [2.75, 3.05) is 25.6 Å². The van der Waals surface area contributed by atoms with Gasteiger partial charge in [0.05, 0.1) is 12.2 Å². The number of anilines is 1. The van der Waals surface area contributed by atoms with E-state index in [0.29, 0.717) is 30.3 Å². The number of nitrogens with one attached hydrogen (secondary N) is 2. The number of ether oxygens (including phenoxy) is 2. The Morgan fingerprint density at radius 2 is 1.84 bits per heavy atom. The molecule has 1 heterocycles. The second kappa shape index (κ2) is 11.0. The van der Waals surface area contributed by atoms with Crippen LogP contribution in [0.2, 0.25) is 0 Å². The van der Waals surface area contributed by atoms with E-state index in [1.807, 2.05) is 6.07 Å². The first-order valence-electron chi connectivity index (χ1n) is 10.00. The predicted octanol–water partition coefficient (Wildman–Crippen LogP) is 3.74. The van der Waals surface area contributed by atoms with E-state index >= 15 is 0 Å². The molecule has 0 saturated heterocycles. The van der Waals surface area contributed by atoms with Gasteiger partial charge in [-0.2, -0.15) is 0 Å². The molecule has 1 aromatic heterocycles. The van der Waals surface area contributed by atoms with Crippen LogP contribution in [0.5, 0.6) is 5.88 Å². The number of nitrogens with zero attached hydrogens (tertiary/aromatic N) is 1. The Kier molecular flexibility index (Phi) is 7.88. The van der Waals surface area contributed by atoms with Crippen molar-refractivity contribution < 1.29 is 23.5 Å². The minimum atomic E-state index is -0.614. The van der Waals surface area contributed by atoms with E-state index in [0.717, 1.165) is 11.1 Å². The third-order valence-corrected chi connectivity index (χ3v) is 4.68. The first-order chi connectivity index (χ1) is 15.5. The largest absolute Gasteiger partial charge is 0.475 e. The van der Waals surface area contributed by atoms with E-state index in [9.17, 15) is 14.0 Å². The molecule has 2 aromatic carbocycles. The van der Waals surface area contributed by atoms with Gasteiger partial charge in [0.2, 0.25) is 5.88 Å². The second-order valence-corrected chi connectivity index (χ2v) is 6.96. The number of hydrogen-bond acceptors (Lipinski definition) is 5. The molecule has 0 atom stereocenters. The smallest absolute Gasteiger partial charge is 0.258 e. The van der Waals surface area contributed by atoms with Gasteiger partial charge in [0.1, 0.15) is 12.4 Å². The molecule has 0 fully saturated rings. The maximum Gasteiger partial charge on any atom is 0.258 e. The summed E-state index contributed by atoms with van der Waals surface area (Å²) in [5, 5.41) is 5.50. The predicted molar refractivity (Wildman–Crippen MR) is 118 cm³/mol. The Hall–Kier alpha value is -3.78. The minimum absolute atomic E-state index is 0.0701. The zero-order valence-corrected chi connectivity index (χ0v) is 17.9. The van der Waals surface area contributed by atoms with Crippen molar-refractivity contribution in [3.8, 4) is 5.88 Å². The molecule has 0 radical (unpaired) electrons. The molecule has 166 valence electrons. The minimum Gasteiger partial charge on any atom is -0.475 e. The maximum absolute atomic E-state index is 13.9. The Morgan fingerprint density at radius 1 is 1.03 bits per heavy atom. The molecule has 2 amide bonds. The number of aryl methyl sites for hydroxylation is 1. The highest BCUT2D eigenvalue weighted by Gasteiger charge is 2.15. The molecule has 3 aromatic rings. The van der Waals surface area contributed by atoms with Crippen molar-refractivity contribution in [2.45, 2.75) is 13.5 Å². The molecule has 0 unspecified atom stereocenters. The fourth-order valence-corrected chi connectivity index (χ4v) is 2.92. The van der Waals surface area contributed by atoms with Crippen LogP contribution in [0, 0.1) is 12.7 Å². The van der Waals surface area contributed by atoms with Crippen molar-refractivity contribution in [1.82, 2.24) is 10.3 Å². The number of rotatable bonds is 9.